The van der Waals surface area contributed by atoms with Crippen molar-refractivity contribution in [3.05, 3.63) is 43.4 Å². The highest BCUT2D eigenvalue weighted by atomic mass is 79.9. The number of hydrogen-bond acceptors (Lipinski definition) is 3. The lowest BCUT2D eigenvalue weighted by Crippen LogP contribution is -2.21. The van der Waals surface area contributed by atoms with Crippen molar-refractivity contribution in [3.63, 3.8) is 0 Å². The molecule has 92 valence electrons. The second kappa shape index (κ2) is 6.18. The third kappa shape index (κ3) is 3.44. The van der Waals surface area contributed by atoms with Gasteiger partial charge in [-0.05, 0) is 56.6 Å². The van der Waals surface area contributed by atoms with Crippen molar-refractivity contribution in [2.75, 3.05) is 6.54 Å². The van der Waals surface area contributed by atoms with E-state index in [0.29, 0.717) is 6.04 Å². The molecule has 0 amide bonds. The van der Waals surface area contributed by atoms with Gasteiger partial charge in [-0.15, -0.1) is 11.3 Å². The van der Waals surface area contributed by atoms with Crippen LogP contribution in [0.1, 0.15) is 23.6 Å². The van der Waals surface area contributed by atoms with E-state index in [9.17, 15) is 0 Å². The van der Waals surface area contributed by atoms with Crippen LogP contribution < -0.4 is 5.32 Å². The number of nitrogens with one attached hydrogen (secondary N) is 1. The monoisotopic (exact) mass is 377 g/mol. The van der Waals surface area contributed by atoms with Crippen LogP contribution in [-0.2, 0) is 6.42 Å². The predicted octanol–water partition coefficient (Wildman–Crippen LogP) is 4.76. The molecule has 0 aliphatic rings. The lowest BCUT2D eigenvalue weighted by Gasteiger charge is -2.14. The summed E-state index contributed by atoms with van der Waals surface area (Å²) in [6.07, 6.45) is 2.60. The second-order valence-corrected chi connectivity index (χ2v) is 6.92. The van der Waals surface area contributed by atoms with Crippen LogP contribution in [0.15, 0.2) is 37.1 Å². The second-order valence-electron chi connectivity index (χ2n) is 3.66. The van der Waals surface area contributed by atoms with Gasteiger partial charge in [-0.1, -0.05) is 6.92 Å². The third-order valence-electron chi connectivity index (χ3n) is 2.44. The predicted molar refractivity (Wildman–Crippen MR) is 78.5 cm³/mol. The number of likely N-dealkylation sites (N-methyl/N-ethyl adjacent to an activating group) is 1. The topological polar surface area (TPSA) is 25.2 Å². The van der Waals surface area contributed by atoms with Gasteiger partial charge < -0.3 is 9.73 Å². The quantitative estimate of drug-likeness (QED) is 0.811. The van der Waals surface area contributed by atoms with Gasteiger partial charge in [-0.2, -0.15) is 0 Å². The van der Waals surface area contributed by atoms with Gasteiger partial charge in [0.05, 0.1) is 10.0 Å². The van der Waals surface area contributed by atoms with Gasteiger partial charge in [0.1, 0.15) is 5.76 Å². The van der Waals surface area contributed by atoms with Gasteiger partial charge in [0.15, 0.2) is 0 Å². The standard InChI is InChI=1S/C12H13Br2NOS/c1-2-15-10(6-8-4-3-5-16-8)11-7-9(13)12(14)17-11/h3-5,7,10,15H,2,6H2,1H3. The summed E-state index contributed by atoms with van der Waals surface area (Å²) < 4.78 is 7.66. The minimum atomic E-state index is 0.304. The Hall–Kier alpha value is -0.1000. The van der Waals surface area contributed by atoms with Gasteiger partial charge in [0.25, 0.3) is 0 Å². The Morgan fingerprint density at radius 3 is 2.82 bits per heavy atom. The maximum Gasteiger partial charge on any atom is 0.105 e. The summed E-state index contributed by atoms with van der Waals surface area (Å²) in [5.41, 5.74) is 0. The molecule has 1 unspecified atom stereocenters. The van der Waals surface area contributed by atoms with Crippen LogP contribution >= 0.6 is 43.2 Å². The van der Waals surface area contributed by atoms with Crippen LogP contribution in [0.2, 0.25) is 0 Å². The maximum atomic E-state index is 5.41. The minimum absolute atomic E-state index is 0.304. The van der Waals surface area contributed by atoms with Crippen molar-refractivity contribution in [1.29, 1.82) is 0 Å². The highest BCUT2D eigenvalue weighted by Gasteiger charge is 2.16. The van der Waals surface area contributed by atoms with Crippen molar-refractivity contribution in [1.82, 2.24) is 5.32 Å². The van der Waals surface area contributed by atoms with Gasteiger partial charge in [-0.3, -0.25) is 0 Å². The molecular weight excluding hydrogens is 366 g/mol. The zero-order valence-electron chi connectivity index (χ0n) is 9.37. The summed E-state index contributed by atoms with van der Waals surface area (Å²) in [5, 5.41) is 3.49. The average molecular weight is 379 g/mol. The van der Waals surface area contributed by atoms with Crippen molar-refractivity contribution in [3.8, 4) is 0 Å². The molecule has 1 N–H and O–H groups in total. The molecule has 0 radical (unpaired) electrons. The summed E-state index contributed by atoms with van der Waals surface area (Å²) >= 11 is 8.81. The summed E-state index contributed by atoms with van der Waals surface area (Å²) in [5.74, 6) is 1.01. The summed E-state index contributed by atoms with van der Waals surface area (Å²) in [6.45, 7) is 3.06. The lowest BCUT2D eigenvalue weighted by molar-refractivity contribution is 0.458. The molecular formula is C12H13Br2NOS. The lowest BCUT2D eigenvalue weighted by atomic mass is 10.1. The molecule has 0 aliphatic heterocycles. The van der Waals surface area contributed by atoms with Crippen molar-refractivity contribution in [2.24, 2.45) is 0 Å². The zero-order chi connectivity index (χ0) is 12.3. The smallest absolute Gasteiger partial charge is 0.105 e. The van der Waals surface area contributed by atoms with Gasteiger partial charge in [0, 0.05) is 21.8 Å². The molecule has 0 spiro atoms. The fourth-order valence-corrected chi connectivity index (χ4v) is 3.85. The summed E-state index contributed by atoms with van der Waals surface area (Å²) in [6, 6.07) is 6.41. The van der Waals surface area contributed by atoms with Crippen LogP contribution in [0.5, 0.6) is 0 Å². The molecule has 0 saturated heterocycles. The van der Waals surface area contributed by atoms with Gasteiger partial charge >= 0.3 is 0 Å². The first-order valence-electron chi connectivity index (χ1n) is 5.41. The van der Waals surface area contributed by atoms with Crippen LogP contribution in [-0.4, -0.2) is 6.54 Å². The first-order chi connectivity index (χ1) is 8.20. The minimum Gasteiger partial charge on any atom is -0.469 e. The molecule has 0 aromatic carbocycles. The summed E-state index contributed by atoms with van der Waals surface area (Å²) in [7, 11) is 0. The Kier molecular flexibility index (Phi) is 4.85. The molecule has 17 heavy (non-hydrogen) atoms. The Bertz CT molecular complexity index is 447. The van der Waals surface area contributed by atoms with Crippen LogP contribution in [0.3, 0.4) is 0 Å². The molecule has 2 aromatic heterocycles. The Morgan fingerprint density at radius 1 is 1.47 bits per heavy atom. The number of rotatable bonds is 5. The Balaban J connectivity index is 2.16. The van der Waals surface area contributed by atoms with Crippen molar-refractivity contribution < 1.29 is 4.42 Å². The Labute approximate surface area is 122 Å². The fourth-order valence-electron chi connectivity index (χ4n) is 1.68. The molecule has 0 aliphatic carbocycles. The van der Waals surface area contributed by atoms with Crippen LogP contribution in [0.25, 0.3) is 0 Å². The normalized spacial score (nSPS) is 12.9. The first kappa shape index (κ1) is 13.3. The van der Waals surface area contributed by atoms with Crippen LogP contribution in [0, 0.1) is 0 Å². The molecule has 5 heteroatoms. The highest BCUT2D eigenvalue weighted by molar-refractivity contribution is 9.13. The van der Waals surface area contributed by atoms with E-state index < -0.39 is 0 Å². The number of furan rings is 1. The molecule has 2 rings (SSSR count). The SMILES string of the molecule is CCNC(Cc1ccco1)c1cc(Br)c(Br)s1. The van der Waals surface area contributed by atoms with E-state index in [1.165, 1.54) is 4.88 Å². The van der Waals surface area contributed by atoms with E-state index in [-0.39, 0.29) is 0 Å². The number of thiophene rings is 1. The molecule has 2 nitrogen and oxygen atoms in total. The van der Waals surface area contributed by atoms with E-state index in [4.69, 9.17) is 4.42 Å². The first-order valence-corrected chi connectivity index (χ1v) is 7.81. The molecule has 1 atom stereocenters. The van der Waals surface area contributed by atoms with E-state index in [0.717, 1.165) is 27.0 Å². The number of hydrogen-bond donors (Lipinski definition) is 1. The molecule has 0 bridgehead atoms. The average Bonchev–Trinajstić information content (AvgIpc) is 2.90. The molecule has 0 saturated carbocycles. The molecule has 2 heterocycles. The third-order valence-corrected chi connectivity index (χ3v) is 5.81. The van der Waals surface area contributed by atoms with E-state index in [1.807, 2.05) is 12.1 Å². The van der Waals surface area contributed by atoms with Gasteiger partial charge in [-0.25, -0.2) is 0 Å². The maximum absolute atomic E-state index is 5.41. The largest absolute Gasteiger partial charge is 0.469 e. The highest BCUT2D eigenvalue weighted by Crippen LogP contribution is 2.36. The Morgan fingerprint density at radius 2 is 2.29 bits per heavy atom. The van der Waals surface area contributed by atoms with Crippen LogP contribution in [0.4, 0.5) is 0 Å². The van der Waals surface area contributed by atoms with Gasteiger partial charge in [0.2, 0.25) is 0 Å². The molecule has 0 fully saturated rings. The molecule has 2 aromatic rings. The van der Waals surface area contributed by atoms with Crippen molar-refractivity contribution >= 4 is 43.2 Å². The fraction of sp³-hybridized carbons (Fsp3) is 0.333. The van der Waals surface area contributed by atoms with E-state index in [2.05, 4.69) is 50.2 Å². The van der Waals surface area contributed by atoms with E-state index in [1.54, 1.807) is 17.6 Å². The van der Waals surface area contributed by atoms with E-state index >= 15 is 0 Å². The summed E-state index contributed by atoms with van der Waals surface area (Å²) in [4.78, 5) is 1.31. The number of halogens is 2. The zero-order valence-corrected chi connectivity index (χ0v) is 13.4. The van der Waals surface area contributed by atoms with Crippen molar-refractivity contribution in [2.45, 2.75) is 19.4 Å².